The van der Waals surface area contributed by atoms with Crippen molar-refractivity contribution in [3.63, 3.8) is 0 Å². The maximum atomic E-state index is 13.3. The molecule has 1 atom stereocenters. The molecule has 0 radical (unpaired) electrons. The average Bonchev–Trinajstić information content (AvgIpc) is 2.71. The van der Waals surface area contributed by atoms with Crippen molar-refractivity contribution < 1.29 is 14.3 Å². The molecule has 0 fully saturated rings. The second-order valence-electron chi connectivity index (χ2n) is 10.3. The summed E-state index contributed by atoms with van der Waals surface area (Å²) in [5, 5.41) is 3.55. The quantitative estimate of drug-likeness (QED) is 0.533. The smallest absolute Gasteiger partial charge is 0.261 e. The highest BCUT2D eigenvalue weighted by molar-refractivity contribution is 6.31. The minimum absolute atomic E-state index is 0.0366. The number of halogens is 1. The number of nitrogens with zero attached hydrogens (tertiary/aromatic N) is 1. The Morgan fingerprint density at radius 2 is 1.61 bits per heavy atom. The predicted octanol–water partition coefficient (Wildman–Crippen LogP) is 5.74. The molecule has 2 amide bonds. The summed E-state index contributed by atoms with van der Waals surface area (Å²) in [6.07, 6.45) is 0.471. The Morgan fingerprint density at radius 3 is 2.12 bits per heavy atom. The standard InChI is InChI=1S/C27H37ClN2O3/c1-8-23(25(32)29-27(5,6)7)30(17-19-11-9-10-12-22(19)28)24(31)18-33-21-15-13-20(14-16-21)26(2,3)4/h9-16,23H,8,17-18H2,1-7H3,(H,29,32). The first-order chi connectivity index (χ1) is 15.3. The van der Waals surface area contributed by atoms with Gasteiger partial charge in [-0.25, -0.2) is 0 Å². The van der Waals surface area contributed by atoms with Crippen LogP contribution in [0.4, 0.5) is 0 Å². The van der Waals surface area contributed by atoms with Gasteiger partial charge in [0.15, 0.2) is 6.61 Å². The third-order valence-electron chi connectivity index (χ3n) is 5.27. The molecule has 2 aromatic carbocycles. The number of amides is 2. The largest absolute Gasteiger partial charge is 0.484 e. The fourth-order valence-electron chi connectivity index (χ4n) is 3.46. The molecular weight excluding hydrogens is 436 g/mol. The van der Waals surface area contributed by atoms with Crippen LogP contribution >= 0.6 is 11.6 Å². The van der Waals surface area contributed by atoms with Crippen molar-refractivity contribution in [2.45, 2.75) is 78.4 Å². The van der Waals surface area contributed by atoms with E-state index in [1.54, 1.807) is 11.0 Å². The topological polar surface area (TPSA) is 58.6 Å². The molecule has 0 spiro atoms. The molecule has 0 aromatic heterocycles. The first-order valence-corrected chi connectivity index (χ1v) is 11.8. The maximum absolute atomic E-state index is 13.3. The Balaban J connectivity index is 2.23. The third-order valence-corrected chi connectivity index (χ3v) is 5.63. The second-order valence-corrected chi connectivity index (χ2v) is 10.7. The van der Waals surface area contributed by atoms with E-state index in [2.05, 4.69) is 26.1 Å². The SMILES string of the molecule is CCC(C(=O)NC(C)(C)C)N(Cc1ccccc1Cl)C(=O)COc1ccc(C(C)(C)C)cc1. The molecule has 5 nitrogen and oxygen atoms in total. The zero-order valence-electron chi connectivity index (χ0n) is 20.9. The van der Waals surface area contributed by atoms with Crippen LogP contribution in [-0.2, 0) is 21.5 Å². The first kappa shape index (κ1) is 26.7. The summed E-state index contributed by atoms with van der Waals surface area (Å²) < 4.78 is 5.80. The summed E-state index contributed by atoms with van der Waals surface area (Å²) >= 11 is 6.36. The Morgan fingerprint density at radius 1 is 1.00 bits per heavy atom. The van der Waals surface area contributed by atoms with Crippen LogP contribution in [0.5, 0.6) is 5.75 Å². The number of benzene rings is 2. The van der Waals surface area contributed by atoms with Gasteiger partial charge in [-0.3, -0.25) is 9.59 Å². The van der Waals surface area contributed by atoms with Crippen molar-refractivity contribution in [2.24, 2.45) is 0 Å². The minimum Gasteiger partial charge on any atom is -0.484 e. The van der Waals surface area contributed by atoms with Crippen LogP contribution in [0.25, 0.3) is 0 Å². The Kier molecular flexibility index (Phi) is 8.96. The predicted molar refractivity (Wildman–Crippen MR) is 135 cm³/mol. The molecular formula is C27H37ClN2O3. The van der Waals surface area contributed by atoms with Gasteiger partial charge in [0.1, 0.15) is 11.8 Å². The van der Waals surface area contributed by atoms with Gasteiger partial charge in [-0.1, -0.05) is 69.6 Å². The Bertz CT molecular complexity index is 943. The van der Waals surface area contributed by atoms with Gasteiger partial charge in [0.05, 0.1) is 0 Å². The molecule has 0 saturated heterocycles. The van der Waals surface area contributed by atoms with Crippen LogP contribution in [0, 0.1) is 0 Å². The van der Waals surface area contributed by atoms with Crippen molar-refractivity contribution in [1.29, 1.82) is 0 Å². The van der Waals surface area contributed by atoms with Crippen LogP contribution in [0.1, 0.15) is 66.0 Å². The summed E-state index contributed by atoms with van der Waals surface area (Å²) in [5.74, 6) is 0.145. The monoisotopic (exact) mass is 472 g/mol. The average molecular weight is 473 g/mol. The van der Waals surface area contributed by atoms with Crippen LogP contribution in [0.2, 0.25) is 5.02 Å². The lowest BCUT2D eigenvalue weighted by molar-refractivity contribution is -0.143. The Hall–Kier alpha value is -2.53. The summed E-state index contributed by atoms with van der Waals surface area (Å²) in [7, 11) is 0. The van der Waals surface area contributed by atoms with Crippen LogP contribution < -0.4 is 10.1 Å². The van der Waals surface area contributed by atoms with Crippen LogP contribution in [-0.4, -0.2) is 34.9 Å². The molecule has 0 aliphatic rings. The van der Waals surface area contributed by atoms with Gasteiger partial charge >= 0.3 is 0 Å². The van der Waals surface area contributed by atoms with E-state index in [9.17, 15) is 9.59 Å². The number of rotatable bonds is 8. The number of hydrogen-bond donors (Lipinski definition) is 1. The zero-order chi connectivity index (χ0) is 24.8. The van der Waals surface area contributed by atoms with Gasteiger partial charge in [-0.05, 0) is 61.9 Å². The zero-order valence-corrected chi connectivity index (χ0v) is 21.6. The summed E-state index contributed by atoms with van der Waals surface area (Å²) in [6.45, 7) is 14.1. The van der Waals surface area contributed by atoms with E-state index in [0.717, 1.165) is 5.56 Å². The van der Waals surface area contributed by atoms with E-state index < -0.39 is 11.6 Å². The molecule has 2 rings (SSSR count). The van der Waals surface area contributed by atoms with E-state index in [1.807, 2.05) is 70.2 Å². The highest BCUT2D eigenvalue weighted by atomic mass is 35.5. The molecule has 0 heterocycles. The van der Waals surface area contributed by atoms with Crippen molar-refractivity contribution in [3.05, 3.63) is 64.7 Å². The molecule has 2 aromatic rings. The summed E-state index contributed by atoms with van der Waals surface area (Å²) in [5.41, 5.74) is 1.60. The van der Waals surface area contributed by atoms with E-state index in [4.69, 9.17) is 16.3 Å². The molecule has 33 heavy (non-hydrogen) atoms. The second kappa shape index (κ2) is 11.1. The van der Waals surface area contributed by atoms with E-state index in [1.165, 1.54) is 5.56 Å². The number of nitrogens with one attached hydrogen (secondary N) is 1. The molecule has 180 valence electrons. The molecule has 0 aliphatic carbocycles. The number of hydrogen-bond acceptors (Lipinski definition) is 3. The van der Waals surface area contributed by atoms with Gasteiger partial charge < -0.3 is 15.0 Å². The van der Waals surface area contributed by atoms with Gasteiger partial charge in [-0.15, -0.1) is 0 Å². The summed E-state index contributed by atoms with van der Waals surface area (Å²) in [6, 6.07) is 14.5. The normalized spacial score (nSPS) is 12.7. The molecule has 0 aliphatic heterocycles. The number of carbonyl (C=O) groups is 2. The molecule has 1 unspecified atom stereocenters. The molecule has 6 heteroatoms. The molecule has 0 bridgehead atoms. The Labute approximate surface area is 203 Å². The van der Waals surface area contributed by atoms with Crippen LogP contribution in [0.3, 0.4) is 0 Å². The summed E-state index contributed by atoms with van der Waals surface area (Å²) in [4.78, 5) is 27.9. The first-order valence-electron chi connectivity index (χ1n) is 11.4. The third kappa shape index (κ3) is 8.08. The highest BCUT2D eigenvalue weighted by Gasteiger charge is 2.31. The lowest BCUT2D eigenvalue weighted by Crippen LogP contribution is -2.54. The fraction of sp³-hybridized carbons (Fsp3) is 0.481. The van der Waals surface area contributed by atoms with E-state index >= 15 is 0 Å². The lowest BCUT2D eigenvalue weighted by Gasteiger charge is -2.33. The van der Waals surface area contributed by atoms with Gasteiger partial charge in [0.2, 0.25) is 5.91 Å². The van der Waals surface area contributed by atoms with Crippen molar-refractivity contribution in [2.75, 3.05) is 6.61 Å². The van der Waals surface area contributed by atoms with Crippen molar-refractivity contribution >= 4 is 23.4 Å². The van der Waals surface area contributed by atoms with E-state index in [-0.39, 0.29) is 30.4 Å². The molecule has 1 N–H and O–H groups in total. The lowest BCUT2D eigenvalue weighted by atomic mass is 9.87. The highest BCUT2D eigenvalue weighted by Crippen LogP contribution is 2.25. The van der Waals surface area contributed by atoms with Crippen LogP contribution in [0.15, 0.2) is 48.5 Å². The molecule has 0 saturated carbocycles. The fourth-order valence-corrected chi connectivity index (χ4v) is 3.66. The van der Waals surface area contributed by atoms with Crippen molar-refractivity contribution in [1.82, 2.24) is 10.2 Å². The van der Waals surface area contributed by atoms with E-state index in [0.29, 0.717) is 17.2 Å². The van der Waals surface area contributed by atoms with Gasteiger partial charge in [-0.2, -0.15) is 0 Å². The van der Waals surface area contributed by atoms with Gasteiger partial charge in [0, 0.05) is 17.1 Å². The number of ether oxygens (including phenoxy) is 1. The van der Waals surface area contributed by atoms with Gasteiger partial charge in [0.25, 0.3) is 5.91 Å². The maximum Gasteiger partial charge on any atom is 0.261 e. The number of carbonyl (C=O) groups excluding carboxylic acids is 2. The van der Waals surface area contributed by atoms with Crippen molar-refractivity contribution in [3.8, 4) is 5.75 Å². The minimum atomic E-state index is -0.639.